The van der Waals surface area contributed by atoms with Gasteiger partial charge in [0.1, 0.15) is 11.5 Å². The van der Waals surface area contributed by atoms with Gasteiger partial charge in [-0.1, -0.05) is 0 Å². The van der Waals surface area contributed by atoms with Gasteiger partial charge in [0.05, 0.1) is 16.5 Å². The Morgan fingerprint density at radius 2 is 1.91 bits per heavy atom. The first-order valence-electron chi connectivity index (χ1n) is 6.40. The lowest BCUT2D eigenvalue weighted by atomic mass is 10.1. The summed E-state index contributed by atoms with van der Waals surface area (Å²) in [4.78, 5) is 24.7. The van der Waals surface area contributed by atoms with Gasteiger partial charge in [-0.2, -0.15) is 5.26 Å². The minimum absolute atomic E-state index is 0.296. The third-order valence-electron chi connectivity index (χ3n) is 3.19. The first kappa shape index (κ1) is 14.2. The van der Waals surface area contributed by atoms with Gasteiger partial charge in [-0.25, -0.2) is 0 Å². The van der Waals surface area contributed by atoms with E-state index in [1.165, 1.54) is 7.05 Å². The summed E-state index contributed by atoms with van der Waals surface area (Å²) in [5.74, 6) is 0.802. The molecule has 1 aliphatic rings. The molecule has 108 valence electrons. The summed E-state index contributed by atoms with van der Waals surface area (Å²) in [6.07, 6.45) is 1.56. The Bertz CT molecular complexity index is 828. The van der Waals surface area contributed by atoms with E-state index in [4.69, 9.17) is 9.68 Å². The predicted molar refractivity (Wildman–Crippen MR) is 82.6 cm³/mol. The Kier molecular flexibility index (Phi) is 3.57. The van der Waals surface area contributed by atoms with Gasteiger partial charge in [-0.3, -0.25) is 14.5 Å². The van der Waals surface area contributed by atoms with Gasteiger partial charge in [0.2, 0.25) is 0 Å². The van der Waals surface area contributed by atoms with E-state index in [0.29, 0.717) is 22.0 Å². The molecule has 0 unspecified atom stereocenters. The number of amides is 2. The fourth-order valence-electron chi connectivity index (χ4n) is 1.97. The van der Waals surface area contributed by atoms with Crippen LogP contribution in [0.1, 0.15) is 11.3 Å². The molecule has 0 spiro atoms. The van der Waals surface area contributed by atoms with Gasteiger partial charge in [0.15, 0.2) is 0 Å². The molecule has 1 aliphatic heterocycles. The van der Waals surface area contributed by atoms with Crippen LogP contribution in [0.5, 0.6) is 0 Å². The molecule has 0 atom stereocenters. The molecular formula is C16H10N2O3S. The maximum absolute atomic E-state index is 11.8. The normalized spacial score (nSPS) is 16.4. The van der Waals surface area contributed by atoms with Gasteiger partial charge in [0.25, 0.3) is 11.1 Å². The van der Waals surface area contributed by atoms with E-state index in [1.54, 1.807) is 42.5 Å². The van der Waals surface area contributed by atoms with Crippen LogP contribution in [0.15, 0.2) is 45.7 Å². The maximum Gasteiger partial charge on any atom is 0.293 e. The standard InChI is InChI=1S/C16H10N2O3S/c1-18-15(19)14(22-16(18)20)8-12-6-7-13(21-12)11-4-2-10(9-17)3-5-11/h2-8H,1H3/b14-8+. The molecule has 0 radical (unpaired) electrons. The van der Waals surface area contributed by atoms with Crippen molar-refractivity contribution in [3.63, 3.8) is 0 Å². The SMILES string of the molecule is CN1C(=O)S/C(=C/c2ccc(-c3ccc(C#N)cc3)o2)C1=O. The molecule has 1 aromatic carbocycles. The lowest BCUT2D eigenvalue weighted by Crippen LogP contribution is -2.22. The van der Waals surface area contributed by atoms with Crippen LogP contribution in [0, 0.1) is 11.3 Å². The number of likely N-dealkylation sites (N-methyl/N-ethyl adjacent to an activating group) is 1. The van der Waals surface area contributed by atoms with Crippen LogP contribution in [0.25, 0.3) is 17.4 Å². The van der Waals surface area contributed by atoms with E-state index in [-0.39, 0.29) is 11.1 Å². The van der Waals surface area contributed by atoms with Crippen LogP contribution in [0.3, 0.4) is 0 Å². The highest BCUT2D eigenvalue weighted by Gasteiger charge is 2.32. The molecule has 2 aromatic rings. The molecule has 0 bridgehead atoms. The smallest absolute Gasteiger partial charge is 0.293 e. The number of nitriles is 1. The van der Waals surface area contributed by atoms with E-state index in [0.717, 1.165) is 22.2 Å². The number of thioether (sulfide) groups is 1. The molecule has 0 aliphatic carbocycles. The zero-order valence-electron chi connectivity index (χ0n) is 11.6. The van der Waals surface area contributed by atoms with Gasteiger partial charge in [0, 0.05) is 18.7 Å². The summed E-state index contributed by atoms with van der Waals surface area (Å²) < 4.78 is 5.67. The Morgan fingerprint density at radius 1 is 1.18 bits per heavy atom. The third kappa shape index (κ3) is 2.54. The number of hydrogen-bond acceptors (Lipinski definition) is 5. The van der Waals surface area contributed by atoms with Crippen molar-refractivity contribution in [2.45, 2.75) is 0 Å². The summed E-state index contributed by atoms with van der Waals surface area (Å²) >= 11 is 0.889. The number of carbonyl (C=O) groups excluding carboxylic acids is 2. The third-order valence-corrected chi connectivity index (χ3v) is 4.15. The molecule has 5 nitrogen and oxygen atoms in total. The molecular weight excluding hydrogens is 300 g/mol. The van der Waals surface area contributed by atoms with E-state index in [9.17, 15) is 9.59 Å². The quantitative estimate of drug-likeness (QED) is 0.794. The molecule has 6 heteroatoms. The molecule has 2 heterocycles. The predicted octanol–water partition coefficient (Wildman–Crippen LogP) is 3.48. The molecule has 3 rings (SSSR count). The molecule has 0 saturated carbocycles. The van der Waals surface area contributed by atoms with Crippen molar-refractivity contribution in [3.8, 4) is 17.4 Å². The van der Waals surface area contributed by atoms with E-state index >= 15 is 0 Å². The number of hydrogen-bond donors (Lipinski definition) is 0. The van der Waals surface area contributed by atoms with Crippen LogP contribution in [0.4, 0.5) is 4.79 Å². The molecule has 0 N–H and O–H groups in total. The summed E-state index contributed by atoms with van der Waals surface area (Å²) in [6, 6.07) is 12.6. The summed E-state index contributed by atoms with van der Waals surface area (Å²) in [5, 5.41) is 8.49. The minimum Gasteiger partial charge on any atom is -0.457 e. The zero-order chi connectivity index (χ0) is 15.7. The largest absolute Gasteiger partial charge is 0.457 e. The average Bonchev–Trinajstić information content (AvgIpc) is 3.09. The fraction of sp³-hybridized carbons (Fsp3) is 0.0625. The summed E-state index contributed by atoms with van der Waals surface area (Å²) in [5.41, 5.74) is 1.41. The highest BCUT2D eigenvalue weighted by atomic mass is 32.2. The topological polar surface area (TPSA) is 74.3 Å². The highest BCUT2D eigenvalue weighted by Crippen LogP contribution is 2.32. The van der Waals surface area contributed by atoms with Crippen LogP contribution in [-0.4, -0.2) is 23.1 Å². The molecule has 1 aromatic heterocycles. The van der Waals surface area contributed by atoms with Crippen LogP contribution in [0.2, 0.25) is 0 Å². The fourth-order valence-corrected chi connectivity index (χ4v) is 2.78. The van der Waals surface area contributed by atoms with Crippen LogP contribution >= 0.6 is 11.8 Å². The lowest BCUT2D eigenvalue weighted by molar-refractivity contribution is -0.121. The van der Waals surface area contributed by atoms with E-state index < -0.39 is 0 Å². The second kappa shape index (κ2) is 5.54. The minimum atomic E-state index is -0.327. The Balaban J connectivity index is 1.87. The van der Waals surface area contributed by atoms with E-state index in [2.05, 4.69) is 6.07 Å². The average molecular weight is 310 g/mol. The second-order valence-electron chi connectivity index (χ2n) is 4.63. The number of rotatable bonds is 2. The van der Waals surface area contributed by atoms with Crippen molar-refractivity contribution in [2.75, 3.05) is 7.05 Å². The Labute approximate surface area is 130 Å². The van der Waals surface area contributed by atoms with Crippen molar-refractivity contribution in [3.05, 3.63) is 52.6 Å². The van der Waals surface area contributed by atoms with E-state index in [1.807, 2.05) is 0 Å². The lowest BCUT2D eigenvalue weighted by Gasteiger charge is -2.00. The summed E-state index contributed by atoms with van der Waals surface area (Å²) in [7, 11) is 1.45. The van der Waals surface area contributed by atoms with Gasteiger partial charge in [-0.05, 0) is 48.2 Å². The van der Waals surface area contributed by atoms with Gasteiger partial charge < -0.3 is 4.42 Å². The number of carbonyl (C=O) groups is 2. The van der Waals surface area contributed by atoms with Gasteiger partial charge >= 0.3 is 0 Å². The molecule has 2 amide bonds. The van der Waals surface area contributed by atoms with Crippen molar-refractivity contribution in [2.24, 2.45) is 0 Å². The van der Waals surface area contributed by atoms with Crippen molar-refractivity contribution < 1.29 is 14.0 Å². The van der Waals surface area contributed by atoms with Crippen molar-refractivity contribution in [1.29, 1.82) is 5.26 Å². The number of nitrogens with zero attached hydrogens (tertiary/aromatic N) is 2. The monoisotopic (exact) mass is 310 g/mol. The summed E-state index contributed by atoms with van der Waals surface area (Å²) in [6.45, 7) is 0. The molecule has 22 heavy (non-hydrogen) atoms. The van der Waals surface area contributed by atoms with Crippen molar-refractivity contribution >= 4 is 29.0 Å². The number of furan rings is 1. The zero-order valence-corrected chi connectivity index (χ0v) is 12.4. The first-order chi connectivity index (χ1) is 10.6. The van der Waals surface area contributed by atoms with Crippen molar-refractivity contribution in [1.82, 2.24) is 4.90 Å². The van der Waals surface area contributed by atoms with Gasteiger partial charge in [-0.15, -0.1) is 0 Å². The van der Waals surface area contributed by atoms with Crippen LogP contribution in [-0.2, 0) is 4.79 Å². The Morgan fingerprint density at radius 3 is 2.50 bits per heavy atom. The first-order valence-corrected chi connectivity index (χ1v) is 7.22. The van der Waals surface area contributed by atoms with Crippen LogP contribution < -0.4 is 0 Å². The molecule has 1 fully saturated rings. The highest BCUT2D eigenvalue weighted by molar-refractivity contribution is 8.18. The molecule has 1 saturated heterocycles. The number of imide groups is 1. The number of benzene rings is 1. The second-order valence-corrected chi connectivity index (χ2v) is 5.63. The Hall–Kier alpha value is -2.78. The maximum atomic E-state index is 11.8.